The number of β-amino-alcohol motifs (C(OH)–C–C–N with tert-alkyl or cyclic N) is 1. The van der Waals surface area contributed by atoms with E-state index in [-0.39, 0.29) is 31.4 Å². The highest BCUT2D eigenvalue weighted by Gasteiger charge is 2.39. The van der Waals surface area contributed by atoms with Crippen LogP contribution in [0.1, 0.15) is 11.6 Å². The van der Waals surface area contributed by atoms with Gasteiger partial charge >= 0.3 is 6.03 Å². The molecule has 7 heteroatoms. The molecule has 0 aliphatic carbocycles. The van der Waals surface area contributed by atoms with E-state index in [0.29, 0.717) is 16.8 Å². The molecule has 2 aliphatic heterocycles. The summed E-state index contributed by atoms with van der Waals surface area (Å²) in [6.07, 6.45) is 0. The molecule has 0 radical (unpaired) electrons. The predicted octanol–water partition coefficient (Wildman–Crippen LogP) is 0.268. The zero-order valence-corrected chi connectivity index (χ0v) is 11.1. The van der Waals surface area contributed by atoms with Crippen molar-refractivity contribution in [1.82, 2.24) is 15.5 Å². The van der Waals surface area contributed by atoms with Crippen molar-refractivity contribution in [1.29, 1.82) is 0 Å². The topological polar surface area (TPSA) is 81.7 Å². The standard InChI is InChI=1S/C14H14FN3O3/c15-9-3-1-8(2-4-9)12-11-10(16-14(21)17-12)7-18(5-6-19)13(11)20/h1-4,12,19H,5-7H2,(H2,16,17,21). The number of nitrogens with zero attached hydrogens (tertiary/aromatic N) is 1. The normalized spacial score (nSPS) is 21.2. The van der Waals surface area contributed by atoms with E-state index in [4.69, 9.17) is 5.11 Å². The average Bonchev–Trinajstić information content (AvgIpc) is 2.76. The number of amides is 3. The third-order valence-electron chi connectivity index (χ3n) is 3.59. The Morgan fingerprint density at radius 3 is 2.67 bits per heavy atom. The maximum atomic E-state index is 13.0. The summed E-state index contributed by atoms with van der Waals surface area (Å²) in [5.74, 6) is -0.617. The van der Waals surface area contributed by atoms with Gasteiger partial charge in [-0.1, -0.05) is 12.1 Å². The lowest BCUT2D eigenvalue weighted by Crippen LogP contribution is -2.44. The molecule has 0 saturated carbocycles. The summed E-state index contributed by atoms with van der Waals surface area (Å²) >= 11 is 0. The van der Waals surface area contributed by atoms with Gasteiger partial charge in [-0.15, -0.1) is 0 Å². The Kier molecular flexibility index (Phi) is 3.34. The third kappa shape index (κ3) is 2.36. The molecule has 3 amide bonds. The van der Waals surface area contributed by atoms with Crippen molar-refractivity contribution in [2.45, 2.75) is 6.04 Å². The first-order valence-corrected chi connectivity index (χ1v) is 6.56. The van der Waals surface area contributed by atoms with Crippen molar-refractivity contribution in [3.63, 3.8) is 0 Å². The Morgan fingerprint density at radius 2 is 2.00 bits per heavy atom. The van der Waals surface area contributed by atoms with Crippen LogP contribution in [0.15, 0.2) is 35.5 Å². The summed E-state index contributed by atoms with van der Waals surface area (Å²) < 4.78 is 13.0. The number of hydrogen-bond donors (Lipinski definition) is 3. The number of hydrogen-bond acceptors (Lipinski definition) is 3. The molecular weight excluding hydrogens is 277 g/mol. The van der Waals surface area contributed by atoms with E-state index in [0.717, 1.165) is 0 Å². The van der Waals surface area contributed by atoms with E-state index < -0.39 is 12.1 Å². The SMILES string of the molecule is O=C1NC2=C(C(=O)N(CCO)C2)C(c2ccc(F)cc2)N1. The van der Waals surface area contributed by atoms with Gasteiger partial charge in [0.25, 0.3) is 5.91 Å². The Labute approximate surface area is 120 Å². The smallest absolute Gasteiger partial charge is 0.319 e. The summed E-state index contributed by atoms with van der Waals surface area (Å²) in [5.41, 5.74) is 1.61. The zero-order chi connectivity index (χ0) is 15.0. The van der Waals surface area contributed by atoms with Gasteiger partial charge in [-0.25, -0.2) is 9.18 Å². The molecule has 2 aliphatic rings. The molecule has 0 spiro atoms. The largest absolute Gasteiger partial charge is 0.395 e. The molecule has 1 atom stereocenters. The molecule has 2 heterocycles. The minimum Gasteiger partial charge on any atom is -0.395 e. The van der Waals surface area contributed by atoms with Crippen LogP contribution < -0.4 is 10.6 Å². The first-order valence-electron chi connectivity index (χ1n) is 6.56. The van der Waals surface area contributed by atoms with E-state index in [1.54, 1.807) is 0 Å². The maximum Gasteiger partial charge on any atom is 0.319 e. The lowest BCUT2D eigenvalue weighted by atomic mass is 9.96. The highest BCUT2D eigenvalue weighted by Crippen LogP contribution is 2.32. The van der Waals surface area contributed by atoms with Crippen LogP contribution in [0.25, 0.3) is 0 Å². The molecule has 1 aromatic carbocycles. The Hall–Kier alpha value is -2.41. The molecule has 0 saturated heterocycles. The van der Waals surface area contributed by atoms with E-state index >= 15 is 0 Å². The van der Waals surface area contributed by atoms with Gasteiger partial charge in [0.05, 0.1) is 30.5 Å². The van der Waals surface area contributed by atoms with Crippen molar-refractivity contribution < 1.29 is 19.1 Å². The van der Waals surface area contributed by atoms with Crippen LogP contribution in [0.3, 0.4) is 0 Å². The summed E-state index contributed by atoms with van der Waals surface area (Å²) in [6, 6.07) is 4.65. The van der Waals surface area contributed by atoms with Gasteiger partial charge in [0.15, 0.2) is 0 Å². The maximum absolute atomic E-state index is 13.0. The van der Waals surface area contributed by atoms with Gasteiger partial charge in [0, 0.05) is 6.54 Å². The zero-order valence-electron chi connectivity index (χ0n) is 11.1. The van der Waals surface area contributed by atoms with Crippen LogP contribution in [-0.4, -0.2) is 41.6 Å². The molecular formula is C14H14FN3O3. The Bertz CT molecular complexity index is 627. The number of urea groups is 1. The van der Waals surface area contributed by atoms with Gasteiger partial charge < -0.3 is 20.6 Å². The van der Waals surface area contributed by atoms with Crippen LogP contribution in [-0.2, 0) is 4.79 Å². The molecule has 3 N–H and O–H groups in total. The fraction of sp³-hybridized carbons (Fsp3) is 0.286. The average molecular weight is 291 g/mol. The fourth-order valence-electron chi connectivity index (χ4n) is 2.63. The highest BCUT2D eigenvalue weighted by atomic mass is 19.1. The Balaban J connectivity index is 1.96. The number of carbonyl (C=O) groups excluding carboxylic acids is 2. The monoisotopic (exact) mass is 291 g/mol. The highest BCUT2D eigenvalue weighted by molar-refractivity contribution is 6.01. The Morgan fingerprint density at radius 1 is 1.29 bits per heavy atom. The second-order valence-corrected chi connectivity index (χ2v) is 4.93. The number of halogens is 1. The molecule has 21 heavy (non-hydrogen) atoms. The van der Waals surface area contributed by atoms with E-state index in [1.807, 2.05) is 0 Å². The van der Waals surface area contributed by atoms with Gasteiger partial charge in [-0.05, 0) is 17.7 Å². The van der Waals surface area contributed by atoms with Crippen LogP contribution in [0.5, 0.6) is 0 Å². The molecule has 3 rings (SSSR count). The number of aliphatic hydroxyl groups is 1. The molecule has 1 aromatic rings. The molecule has 0 aromatic heterocycles. The van der Waals surface area contributed by atoms with Crippen LogP contribution in [0.4, 0.5) is 9.18 Å². The lowest BCUT2D eigenvalue weighted by molar-refractivity contribution is -0.126. The first-order chi connectivity index (χ1) is 10.1. The molecule has 110 valence electrons. The third-order valence-corrected chi connectivity index (χ3v) is 3.59. The first kappa shape index (κ1) is 13.6. The van der Waals surface area contributed by atoms with Gasteiger partial charge in [0.1, 0.15) is 5.82 Å². The van der Waals surface area contributed by atoms with Crippen LogP contribution in [0.2, 0.25) is 0 Å². The van der Waals surface area contributed by atoms with Crippen LogP contribution in [0, 0.1) is 5.82 Å². The van der Waals surface area contributed by atoms with Crippen molar-refractivity contribution in [3.8, 4) is 0 Å². The van der Waals surface area contributed by atoms with Crippen molar-refractivity contribution in [3.05, 3.63) is 46.9 Å². The summed E-state index contributed by atoms with van der Waals surface area (Å²) in [7, 11) is 0. The van der Waals surface area contributed by atoms with Crippen LogP contribution >= 0.6 is 0 Å². The second kappa shape index (κ2) is 5.17. The fourth-order valence-corrected chi connectivity index (χ4v) is 2.63. The lowest BCUT2D eigenvalue weighted by Gasteiger charge is -2.25. The molecule has 0 fully saturated rings. The summed E-state index contributed by atoms with van der Waals surface area (Å²) in [5, 5.41) is 14.3. The van der Waals surface area contributed by atoms with Gasteiger partial charge in [0.2, 0.25) is 0 Å². The van der Waals surface area contributed by atoms with Gasteiger partial charge in [-0.2, -0.15) is 0 Å². The van der Waals surface area contributed by atoms with E-state index in [2.05, 4.69) is 10.6 Å². The van der Waals surface area contributed by atoms with E-state index in [9.17, 15) is 14.0 Å². The van der Waals surface area contributed by atoms with E-state index in [1.165, 1.54) is 29.2 Å². The number of aliphatic hydroxyl groups excluding tert-OH is 1. The molecule has 1 unspecified atom stereocenters. The number of rotatable bonds is 3. The van der Waals surface area contributed by atoms with Crippen molar-refractivity contribution in [2.75, 3.05) is 19.7 Å². The van der Waals surface area contributed by atoms with Gasteiger partial charge in [-0.3, -0.25) is 4.79 Å². The predicted molar refractivity (Wildman–Crippen MR) is 71.5 cm³/mol. The van der Waals surface area contributed by atoms with Crippen molar-refractivity contribution >= 4 is 11.9 Å². The molecule has 0 bridgehead atoms. The quantitative estimate of drug-likeness (QED) is 0.747. The second-order valence-electron chi connectivity index (χ2n) is 4.93. The minimum absolute atomic E-state index is 0.144. The number of nitrogens with one attached hydrogen (secondary N) is 2. The molecule has 6 nitrogen and oxygen atoms in total. The number of carbonyl (C=O) groups is 2. The minimum atomic E-state index is -0.606. The summed E-state index contributed by atoms with van der Waals surface area (Å²) in [4.78, 5) is 25.6. The summed E-state index contributed by atoms with van der Waals surface area (Å²) in [6.45, 7) is 0.326. The van der Waals surface area contributed by atoms with Crippen molar-refractivity contribution in [2.24, 2.45) is 0 Å². The number of benzene rings is 1.